The van der Waals surface area contributed by atoms with Crippen molar-refractivity contribution in [3.8, 4) is 0 Å². The first-order chi connectivity index (χ1) is 5.20. The summed E-state index contributed by atoms with van der Waals surface area (Å²) in [5.41, 5.74) is 0. The first-order valence-corrected chi connectivity index (χ1v) is 3.72. The Morgan fingerprint density at radius 3 is 2.58 bits per heavy atom. The number of amides is 1. The Bertz CT molecular complexity index is 223. The predicted molar refractivity (Wildman–Crippen MR) is 33.3 cm³/mol. The van der Waals surface area contributed by atoms with Gasteiger partial charge < -0.3 is 14.8 Å². The molecule has 0 unspecified atom stereocenters. The molecule has 4 nitrogen and oxygen atoms in total. The van der Waals surface area contributed by atoms with Gasteiger partial charge in [0.2, 0.25) is 5.91 Å². The van der Waals surface area contributed by atoms with Gasteiger partial charge in [0.25, 0.3) is 0 Å². The molecule has 1 amide bonds. The molecule has 0 saturated carbocycles. The van der Waals surface area contributed by atoms with Crippen molar-refractivity contribution in [2.45, 2.75) is 31.3 Å². The van der Waals surface area contributed by atoms with Crippen molar-refractivity contribution in [1.29, 1.82) is 0 Å². The van der Waals surface area contributed by atoms with E-state index in [-0.39, 0.29) is 41.5 Å². The molecule has 0 spiro atoms. The average molecular weight is 177 g/mol. The number of carboxylic acids is 1. The molecule has 60 valence electrons. The van der Waals surface area contributed by atoms with Crippen LogP contribution in [0.15, 0.2) is 0 Å². The zero-order chi connectivity index (χ0) is 8.01. The maximum absolute atomic E-state index is 10.9. The Hall–Kier alpha value is -0.0600. The van der Waals surface area contributed by atoms with Gasteiger partial charge >= 0.3 is 29.6 Å². The number of carbonyl (C=O) groups is 2. The van der Waals surface area contributed by atoms with Crippen LogP contribution in [0.25, 0.3) is 0 Å². The molecule has 2 rings (SSSR count). The fraction of sp³-hybridized carbons (Fsp3) is 0.714. The summed E-state index contributed by atoms with van der Waals surface area (Å²) in [5, 5.41) is 10.4. The van der Waals surface area contributed by atoms with Crippen molar-refractivity contribution in [2.24, 2.45) is 0 Å². The van der Waals surface area contributed by atoms with Crippen LogP contribution in [0.4, 0.5) is 0 Å². The molecule has 2 saturated heterocycles. The first-order valence-electron chi connectivity index (χ1n) is 3.72. The molecular formula is C7H8NNaO3. The van der Waals surface area contributed by atoms with E-state index in [1.54, 1.807) is 0 Å². The van der Waals surface area contributed by atoms with Gasteiger partial charge in [0.1, 0.15) is 0 Å². The molecule has 2 atom stereocenters. The predicted octanol–water partition coefficient (Wildman–Crippen LogP) is -4.50. The second-order valence-electron chi connectivity index (χ2n) is 3.07. The third-order valence-corrected chi connectivity index (χ3v) is 2.47. The third kappa shape index (κ3) is 1.28. The van der Waals surface area contributed by atoms with E-state index >= 15 is 0 Å². The summed E-state index contributed by atoms with van der Waals surface area (Å²) in [5.74, 6) is -1.15. The molecule has 0 aromatic heterocycles. The van der Waals surface area contributed by atoms with Crippen molar-refractivity contribution in [2.75, 3.05) is 0 Å². The summed E-state index contributed by atoms with van der Waals surface area (Å²) < 4.78 is 0. The van der Waals surface area contributed by atoms with E-state index in [0.29, 0.717) is 12.8 Å². The summed E-state index contributed by atoms with van der Waals surface area (Å²) >= 11 is 0. The monoisotopic (exact) mass is 177 g/mol. The molecule has 2 heterocycles. The number of nitrogens with zero attached hydrogens (tertiary/aromatic N) is 1. The maximum atomic E-state index is 10.9. The molecule has 2 aliphatic heterocycles. The van der Waals surface area contributed by atoms with Gasteiger partial charge in [-0.15, -0.1) is 0 Å². The summed E-state index contributed by atoms with van der Waals surface area (Å²) in [6.45, 7) is 0. The number of carbonyl (C=O) groups excluding carboxylic acids is 2. The van der Waals surface area contributed by atoms with Gasteiger partial charge in [-0.1, -0.05) is 0 Å². The Morgan fingerprint density at radius 2 is 2.17 bits per heavy atom. The standard InChI is InChI=1S/C7H9NO3.Na/c9-6-3-4-1-2-5(7(10)11)8(4)6;/h4-5H,1-3H2,(H,10,11);/q;+1/p-1/t4-,5-;/m0./s1. The van der Waals surface area contributed by atoms with Crippen LogP contribution in [0.1, 0.15) is 19.3 Å². The molecule has 0 aromatic rings. The summed E-state index contributed by atoms with van der Waals surface area (Å²) in [6.07, 6.45) is 1.92. The molecule has 0 N–H and O–H groups in total. The molecule has 0 aromatic carbocycles. The third-order valence-electron chi connectivity index (χ3n) is 2.47. The SMILES string of the molecule is O=C([O-])[C@@H]1CC[C@H]2CC(=O)N21.[Na+]. The van der Waals surface area contributed by atoms with Gasteiger partial charge in [-0.2, -0.15) is 0 Å². The van der Waals surface area contributed by atoms with Crippen LogP contribution in [-0.4, -0.2) is 28.9 Å². The molecule has 0 aliphatic carbocycles. The van der Waals surface area contributed by atoms with Gasteiger partial charge in [-0.3, -0.25) is 4.79 Å². The smallest absolute Gasteiger partial charge is 0.548 e. The van der Waals surface area contributed by atoms with E-state index in [2.05, 4.69) is 0 Å². The summed E-state index contributed by atoms with van der Waals surface area (Å²) in [6, 6.07) is -0.438. The molecule has 5 heteroatoms. The van der Waals surface area contributed by atoms with Crippen molar-refractivity contribution < 1.29 is 44.3 Å². The normalized spacial score (nSPS) is 32.0. The molecule has 0 bridgehead atoms. The number of β-lactam (4-membered cyclic amide) rings is 1. The second-order valence-corrected chi connectivity index (χ2v) is 3.07. The Labute approximate surface area is 92.2 Å². The summed E-state index contributed by atoms with van der Waals surface area (Å²) in [7, 11) is 0. The maximum Gasteiger partial charge on any atom is 1.00 e. The van der Waals surface area contributed by atoms with Gasteiger partial charge in [0, 0.05) is 12.5 Å². The van der Waals surface area contributed by atoms with Crippen LogP contribution >= 0.6 is 0 Å². The van der Waals surface area contributed by atoms with Crippen LogP contribution < -0.4 is 34.7 Å². The van der Waals surface area contributed by atoms with E-state index in [4.69, 9.17) is 0 Å². The van der Waals surface area contributed by atoms with E-state index < -0.39 is 12.0 Å². The van der Waals surface area contributed by atoms with Crippen LogP contribution in [0.3, 0.4) is 0 Å². The fourth-order valence-electron chi connectivity index (χ4n) is 1.89. The number of carboxylic acid groups (broad SMARTS) is 1. The number of hydrogen-bond donors (Lipinski definition) is 0. The Morgan fingerprint density at radius 1 is 1.50 bits per heavy atom. The largest absolute Gasteiger partial charge is 1.00 e. The average Bonchev–Trinajstić information content (AvgIpc) is 2.25. The topological polar surface area (TPSA) is 60.4 Å². The number of aliphatic carboxylic acids is 1. The van der Waals surface area contributed by atoms with E-state index in [1.807, 2.05) is 0 Å². The van der Waals surface area contributed by atoms with Gasteiger partial charge in [0.05, 0.1) is 12.0 Å². The quantitative estimate of drug-likeness (QED) is 0.299. The Kier molecular flexibility index (Phi) is 2.81. The number of fused-ring (bicyclic) bond motifs is 1. The minimum atomic E-state index is -1.11. The van der Waals surface area contributed by atoms with Crippen LogP contribution in [0.5, 0.6) is 0 Å². The first kappa shape index (κ1) is 10.0. The van der Waals surface area contributed by atoms with Crippen LogP contribution in [0.2, 0.25) is 0 Å². The number of rotatable bonds is 1. The van der Waals surface area contributed by atoms with Gasteiger partial charge in [-0.05, 0) is 12.8 Å². The van der Waals surface area contributed by atoms with Crippen LogP contribution in [-0.2, 0) is 9.59 Å². The minimum Gasteiger partial charge on any atom is -0.548 e. The number of hydrogen-bond acceptors (Lipinski definition) is 3. The van der Waals surface area contributed by atoms with E-state index in [0.717, 1.165) is 6.42 Å². The second kappa shape index (κ2) is 3.36. The molecular weight excluding hydrogens is 169 g/mol. The molecule has 2 aliphatic rings. The van der Waals surface area contributed by atoms with Crippen molar-refractivity contribution >= 4 is 11.9 Å². The van der Waals surface area contributed by atoms with Gasteiger partial charge in [-0.25, -0.2) is 0 Å². The van der Waals surface area contributed by atoms with Crippen molar-refractivity contribution in [3.63, 3.8) is 0 Å². The molecule has 0 radical (unpaired) electrons. The van der Waals surface area contributed by atoms with Crippen LogP contribution in [0, 0.1) is 0 Å². The van der Waals surface area contributed by atoms with E-state index in [9.17, 15) is 14.7 Å². The van der Waals surface area contributed by atoms with Gasteiger partial charge in [0.15, 0.2) is 0 Å². The zero-order valence-electron chi connectivity index (χ0n) is 6.95. The Balaban J connectivity index is 0.000000720. The molecule has 2 fully saturated rings. The van der Waals surface area contributed by atoms with Crippen molar-refractivity contribution in [3.05, 3.63) is 0 Å². The summed E-state index contributed by atoms with van der Waals surface area (Å²) in [4.78, 5) is 22.7. The fourth-order valence-corrected chi connectivity index (χ4v) is 1.89. The van der Waals surface area contributed by atoms with E-state index in [1.165, 1.54) is 4.90 Å². The minimum absolute atomic E-state index is 0. The zero-order valence-corrected chi connectivity index (χ0v) is 8.95. The van der Waals surface area contributed by atoms with Crippen molar-refractivity contribution in [1.82, 2.24) is 4.90 Å². The molecule has 12 heavy (non-hydrogen) atoms.